The summed E-state index contributed by atoms with van der Waals surface area (Å²) in [5.74, 6) is 0.776. The minimum Gasteiger partial charge on any atom is -0.486 e. The lowest BCUT2D eigenvalue weighted by Crippen LogP contribution is -2.17. The third-order valence-corrected chi connectivity index (χ3v) is 3.73. The molecule has 7 nitrogen and oxygen atoms in total. The molecule has 0 bridgehead atoms. The molecule has 24 heavy (non-hydrogen) atoms. The van der Waals surface area contributed by atoms with E-state index >= 15 is 0 Å². The number of hydrogen-bond acceptors (Lipinski definition) is 5. The number of nitrogens with zero attached hydrogens (tertiary/aromatic N) is 1. The molecule has 0 saturated heterocycles. The van der Waals surface area contributed by atoms with Gasteiger partial charge in [-0.05, 0) is 5.56 Å². The van der Waals surface area contributed by atoms with Gasteiger partial charge in [-0.3, -0.25) is 14.9 Å². The van der Waals surface area contributed by atoms with Crippen LogP contribution in [-0.4, -0.2) is 24.0 Å². The second kappa shape index (κ2) is 6.76. The van der Waals surface area contributed by atoms with Crippen molar-refractivity contribution in [3.63, 3.8) is 0 Å². The summed E-state index contributed by atoms with van der Waals surface area (Å²) in [4.78, 5) is 22.3. The van der Waals surface area contributed by atoms with Gasteiger partial charge in [0.15, 0.2) is 11.5 Å². The van der Waals surface area contributed by atoms with Gasteiger partial charge in [-0.1, -0.05) is 23.7 Å². The molecule has 0 saturated carbocycles. The molecule has 0 unspecified atom stereocenters. The number of fused-ring (bicyclic) bond motifs is 1. The Kier molecular flexibility index (Phi) is 4.52. The van der Waals surface area contributed by atoms with Crippen LogP contribution in [0.15, 0.2) is 36.4 Å². The fraction of sp³-hybridized carbons (Fsp3) is 0.188. The summed E-state index contributed by atoms with van der Waals surface area (Å²) in [6, 6.07) is 9.02. The highest BCUT2D eigenvalue weighted by atomic mass is 35.5. The molecule has 1 heterocycles. The molecule has 3 rings (SSSR count). The van der Waals surface area contributed by atoms with Crippen LogP contribution in [0.3, 0.4) is 0 Å². The highest BCUT2D eigenvalue weighted by molar-refractivity contribution is 6.34. The van der Waals surface area contributed by atoms with Crippen LogP contribution in [0, 0.1) is 10.1 Å². The number of rotatable bonds is 4. The number of carbonyl (C=O) groups is 1. The van der Waals surface area contributed by atoms with Crippen molar-refractivity contribution in [3.8, 4) is 11.5 Å². The molecule has 1 N–H and O–H groups in total. The van der Waals surface area contributed by atoms with Gasteiger partial charge in [0.25, 0.3) is 5.69 Å². The van der Waals surface area contributed by atoms with Crippen molar-refractivity contribution in [2.24, 2.45) is 0 Å². The van der Waals surface area contributed by atoms with Crippen molar-refractivity contribution in [2.45, 2.75) is 6.42 Å². The number of anilines is 1. The zero-order chi connectivity index (χ0) is 17.1. The molecule has 124 valence electrons. The Morgan fingerprint density at radius 1 is 1.17 bits per heavy atom. The fourth-order valence-corrected chi connectivity index (χ4v) is 2.48. The van der Waals surface area contributed by atoms with E-state index in [0.717, 1.165) is 0 Å². The predicted octanol–water partition coefficient (Wildman–Crippen LogP) is 3.20. The van der Waals surface area contributed by atoms with Gasteiger partial charge >= 0.3 is 0 Å². The molecule has 0 atom stereocenters. The number of halogens is 1. The van der Waals surface area contributed by atoms with Gasteiger partial charge in [0.05, 0.1) is 22.1 Å². The number of amides is 1. The van der Waals surface area contributed by atoms with Crippen LogP contribution >= 0.6 is 11.6 Å². The van der Waals surface area contributed by atoms with E-state index in [-0.39, 0.29) is 18.0 Å². The van der Waals surface area contributed by atoms with Crippen molar-refractivity contribution in [2.75, 3.05) is 18.5 Å². The highest BCUT2D eigenvalue weighted by Gasteiger charge is 2.16. The van der Waals surface area contributed by atoms with Gasteiger partial charge in [-0.25, -0.2) is 0 Å². The first-order valence-corrected chi connectivity index (χ1v) is 7.53. The normalized spacial score (nSPS) is 12.5. The Bertz CT molecular complexity index is 792. The first-order chi connectivity index (χ1) is 11.5. The number of carbonyl (C=O) groups excluding carboxylic acids is 1. The smallest absolute Gasteiger partial charge is 0.269 e. The van der Waals surface area contributed by atoms with E-state index in [0.29, 0.717) is 41.0 Å². The Morgan fingerprint density at radius 3 is 2.42 bits per heavy atom. The standard InChI is InChI=1S/C16H13ClN2O5/c17-12-8-14-15(24-6-5-23-14)9-13(12)18-16(20)7-10-1-3-11(4-2-10)19(21)22/h1-4,8-9H,5-7H2,(H,18,20). The molecule has 0 fully saturated rings. The monoisotopic (exact) mass is 348 g/mol. The first kappa shape index (κ1) is 16.1. The van der Waals surface area contributed by atoms with Crippen LogP contribution in [0.4, 0.5) is 11.4 Å². The van der Waals surface area contributed by atoms with Crippen LogP contribution in [0.2, 0.25) is 5.02 Å². The molecule has 0 spiro atoms. The maximum atomic E-state index is 12.1. The van der Waals surface area contributed by atoms with Crippen molar-refractivity contribution in [1.29, 1.82) is 0 Å². The molecule has 2 aromatic rings. The van der Waals surface area contributed by atoms with E-state index in [4.69, 9.17) is 21.1 Å². The van der Waals surface area contributed by atoms with E-state index in [2.05, 4.69) is 5.32 Å². The molecule has 0 radical (unpaired) electrons. The topological polar surface area (TPSA) is 90.7 Å². The SMILES string of the molecule is O=C(Cc1ccc([N+](=O)[O-])cc1)Nc1cc2c(cc1Cl)OCCO2. The molecule has 0 aliphatic carbocycles. The maximum Gasteiger partial charge on any atom is 0.269 e. The van der Waals surface area contributed by atoms with Crippen molar-refractivity contribution in [3.05, 3.63) is 57.1 Å². The lowest BCUT2D eigenvalue weighted by atomic mass is 10.1. The second-order valence-electron chi connectivity index (χ2n) is 5.12. The molecule has 1 aliphatic rings. The number of hydrogen-bond donors (Lipinski definition) is 1. The number of benzene rings is 2. The lowest BCUT2D eigenvalue weighted by molar-refractivity contribution is -0.384. The van der Waals surface area contributed by atoms with Gasteiger partial charge < -0.3 is 14.8 Å². The molecular weight excluding hydrogens is 336 g/mol. The third kappa shape index (κ3) is 3.57. The summed E-state index contributed by atoms with van der Waals surface area (Å²) >= 11 is 6.14. The number of non-ortho nitro benzene ring substituents is 1. The van der Waals surface area contributed by atoms with E-state index in [9.17, 15) is 14.9 Å². The molecule has 1 amide bonds. The maximum absolute atomic E-state index is 12.1. The minimum absolute atomic E-state index is 0.0194. The molecule has 2 aromatic carbocycles. The Hall–Kier alpha value is -2.80. The van der Waals surface area contributed by atoms with Gasteiger partial charge in [0.1, 0.15) is 13.2 Å². The Balaban J connectivity index is 1.69. The zero-order valence-electron chi connectivity index (χ0n) is 12.5. The highest BCUT2D eigenvalue weighted by Crippen LogP contribution is 2.37. The molecule has 8 heteroatoms. The quantitative estimate of drug-likeness (QED) is 0.676. The van der Waals surface area contributed by atoms with Crippen molar-refractivity contribution >= 4 is 28.9 Å². The largest absolute Gasteiger partial charge is 0.486 e. The zero-order valence-corrected chi connectivity index (χ0v) is 13.2. The van der Waals surface area contributed by atoms with E-state index in [1.165, 1.54) is 12.1 Å². The number of nitro benzene ring substituents is 1. The van der Waals surface area contributed by atoms with Gasteiger partial charge in [-0.15, -0.1) is 0 Å². The van der Waals surface area contributed by atoms with Crippen LogP contribution in [0.1, 0.15) is 5.56 Å². The van der Waals surface area contributed by atoms with Crippen LogP contribution in [0.5, 0.6) is 11.5 Å². The summed E-state index contributed by atoms with van der Waals surface area (Å²) in [6.45, 7) is 0.889. The van der Waals surface area contributed by atoms with Crippen LogP contribution < -0.4 is 14.8 Å². The van der Waals surface area contributed by atoms with Gasteiger partial charge in [0.2, 0.25) is 5.91 Å². The molecule has 1 aliphatic heterocycles. The average molecular weight is 349 g/mol. The lowest BCUT2D eigenvalue weighted by Gasteiger charge is -2.20. The minimum atomic E-state index is -0.487. The number of nitro groups is 1. The summed E-state index contributed by atoms with van der Waals surface area (Å²) in [6.07, 6.45) is 0.0722. The van der Waals surface area contributed by atoms with Crippen molar-refractivity contribution < 1.29 is 19.2 Å². The van der Waals surface area contributed by atoms with Crippen LogP contribution in [-0.2, 0) is 11.2 Å². The average Bonchev–Trinajstić information content (AvgIpc) is 2.56. The van der Waals surface area contributed by atoms with Gasteiger partial charge in [-0.2, -0.15) is 0 Å². The summed E-state index contributed by atoms with van der Waals surface area (Å²) < 4.78 is 10.9. The summed E-state index contributed by atoms with van der Waals surface area (Å²) in [7, 11) is 0. The Morgan fingerprint density at radius 2 is 1.79 bits per heavy atom. The first-order valence-electron chi connectivity index (χ1n) is 7.15. The van der Waals surface area contributed by atoms with E-state index in [1.54, 1.807) is 24.3 Å². The predicted molar refractivity (Wildman–Crippen MR) is 87.9 cm³/mol. The number of ether oxygens (including phenoxy) is 2. The molecular formula is C16H13ClN2O5. The number of nitrogens with one attached hydrogen (secondary N) is 1. The summed E-state index contributed by atoms with van der Waals surface area (Å²) in [5, 5.41) is 13.7. The van der Waals surface area contributed by atoms with Crippen LogP contribution in [0.25, 0.3) is 0 Å². The third-order valence-electron chi connectivity index (χ3n) is 3.42. The Labute approximate surface area is 142 Å². The molecule has 0 aromatic heterocycles. The van der Waals surface area contributed by atoms with E-state index < -0.39 is 4.92 Å². The fourth-order valence-electron chi connectivity index (χ4n) is 2.28. The van der Waals surface area contributed by atoms with Crippen molar-refractivity contribution in [1.82, 2.24) is 0 Å². The van der Waals surface area contributed by atoms with Gasteiger partial charge in [0, 0.05) is 24.3 Å². The second-order valence-corrected chi connectivity index (χ2v) is 5.53. The summed E-state index contributed by atoms with van der Waals surface area (Å²) in [5.41, 5.74) is 1.06. The van der Waals surface area contributed by atoms with E-state index in [1.807, 2.05) is 0 Å².